The highest BCUT2D eigenvalue weighted by atomic mass is 32.1. The van der Waals surface area contributed by atoms with Crippen LogP contribution in [-0.4, -0.2) is 36.9 Å². The van der Waals surface area contributed by atoms with Crippen LogP contribution in [0.1, 0.15) is 21.0 Å². The zero-order valence-electron chi connectivity index (χ0n) is 11.6. The first-order valence-electron chi connectivity index (χ1n) is 6.35. The highest BCUT2D eigenvalue weighted by molar-refractivity contribution is 7.12. The van der Waals surface area contributed by atoms with Gasteiger partial charge in [-0.2, -0.15) is 9.78 Å². The van der Waals surface area contributed by atoms with Gasteiger partial charge < -0.3 is 10.2 Å². The Morgan fingerprint density at radius 2 is 1.83 bits per heavy atom. The minimum atomic E-state index is -1.33. The minimum Gasteiger partial charge on any atom is -0.477 e. The summed E-state index contributed by atoms with van der Waals surface area (Å²) in [4.78, 5) is 26.0. The number of aromatic nitrogens is 3. The van der Waals surface area contributed by atoms with Crippen LogP contribution in [0.3, 0.4) is 0 Å². The van der Waals surface area contributed by atoms with E-state index in [-0.39, 0.29) is 27.8 Å². The van der Waals surface area contributed by atoms with Crippen molar-refractivity contribution >= 4 is 23.3 Å². The van der Waals surface area contributed by atoms with Gasteiger partial charge in [0.25, 0.3) is 0 Å². The number of rotatable bonds is 4. The van der Waals surface area contributed by atoms with E-state index < -0.39 is 23.6 Å². The second-order valence-electron chi connectivity index (χ2n) is 4.58. The quantitative estimate of drug-likeness (QED) is 0.749. The predicted molar refractivity (Wildman–Crippen MR) is 78.5 cm³/mol. The van der Waals surface area contributed by atoms with Gasteiger partial charge in [0, 0.05) is 10.9 Å². The smallest absolute Gasteiger partial charge is 0.355 e. The zero-order chi connectivity index (χ0) is 17.4. The van der Waals surface area contributed by atoms with Crippen LogP contribution in [0, 0.1) is 11.6 Å². The van der Waals surface area contributed by atoms with Crippen molar-refractivity contribution in [1.29, 1.82) is 0 Å². The Morgan fingerprint density at radius 1 is 1.08 bits per heavy atom. The van der Waals surface area contributed by atoms with Crippen LogP contribution in [0.2, 0.25) is 0 Å². The number of halogens is 2. The van der Waals surface area contributed by atoms with Crippen molar-refractivity contribution in [3.05, 3.63) is 52.7 Å². The molecule has 0 radical (unpaired) electrons. The van der Waals surface area contributed by atoms with Gasteiger partial charge >= 0.3 is 11.9 Å². The highest BCUT2D eigenvalue weighted by Crippen LogP contribution is 2.25. The van der Waals surface area contributed by atoms with Crippen LogP contribution < -0.4 is 0 Å². The average molecular weight is 351 g/mol. The van der Waals surface area contributed by atoms with Crippen LogP contribution in [-0.2, 0) is 0 Å². The number of aromatic carboxylic acids is 2. The van der Waals surface area contributed by atoms with Gasteiger partial charge in [-0.1, -0.05) is 0 Å². The Labute approximate surface area is 136 Å². The molecule has 7 nitrogen and oxygen atoms in total. The third-order valence-electron chi connectivity index (χ3n) is 3.04. The molecule has 0 aliphatic heterocycles. The number of carboxylic acid groups (broad SMARTS) is 2. The summed E-state index contributed by atoms with van der Waals surface area (Å²) >= 11 is 0.888. The molecule has 0 atom stereocenters. The van der Waals surface area contributed by atoms with E-state index in [1.54, 1.807) is 0 Å². The second-order valence-corrected chi connectivity index (χ2v) is 5.42. The Bertz CT molecular complexity index is 967. The third kappa shape index (κ3) is 2.74. The van der Waals surface area contributed by atoms with E-state index in [2.05, 4.69) is 10.1 Å². The lowest BCUT2D eigenvalue weighted by Gasteiger charge is -1.99. The van der Waals surface area contributed by atoms with E-state index in [4.69, 9.17) is 5.11 Å². The SMILES string of the molecule is O=C(O)c1csc(-n2nc(-c3ccc(F)c(F)c3)cc2C(=O)O)n1. The topological polar surface area (TPSA) is 105 Å². The van der Waals surface area contributed by atoms with Crippen molar-refractivity contribution in [3.8, 4) is 16.4 Å². The summed E-state index contributed by atoms with van der Waals surface area (Å²) in [5.41, 5.74) is -0.291. The van der Waals surface area contributed by atoms with E-state index >= 15 is 0 Å². The van der Waals surface area contributed by atoms with E-state index in [0.717, 1.165) is 34.2 Å². The molecule has 0 spiro atoms. The lowest BCUT2D eigenvalue weighted by Crippen LogP contribution is -2.08. The van der Waals surface area contributed by atoms with E-state index in [1.165, 1.54) is 11.4 Å². The van der Waals surface area contributed by atoms with Gasteiger partial charge in [-0.3, -0.25) is 0 Å². The van der Waals surface area contributed by atoms with Crippen LogP contribution in [0.5, 0.6) is 0 Å². The maximum absolute atomic E-state index is 13.3. The van der Waals surface area contributed by atoms with Crippen molar-refractivity contribution in [2.45, 2.75) is 0 Å². The van der Waals surface area contributed by atoms with Gasteiger partial charge in [-0.15, -0.1) is 11.3 Å². The third-order valence-corrected chi connectivity index (χ3v) is 3.85. The molecule has 0 aliphatic rings. The standard InChI is InChI=1S/C14H7F2N3O4S/c15-7-2-1-6(3-8(7)16)9-4-11(13(22)23)19(18-9)14-17-10(5-24-14)12(20)21/h1-5H,(H,20,21)(H,22,23). The van der Waals surface area contributed by atoms with E-state index in [0.29, 0.717) is 0 Å². The summed E-state index contributed by atoms with van der Waals surface area (Å²) in [5.74, 6) is -4.73. The molecule has 3 aromatic rings. The van der Waals surface area contributed by atoms with Gasteiger partial charge in [0.2, 0.25) is 5.13 Å². The van der Waals surface area contributed by atoms with Crippen molar-refractivity contribution < 1.29 is 28.6 Å². The Hall–Kier alpha value is -3.14. The molecule has 0 aliphatic carbocycles. The monoisotopic (exact) mass is 351 g/mol. The molecule has 0 fully saturated rings. The summed E-state index contributed by atoms with van der Waals surface area (Å²) in [5, 5.41) is 23.4. The Balaban J connectivity index is 2.12. The van der Waals surface area contributed by atoms with E-state index in [1.807, 2.05) is 0 Å². The molecule has 24 heavy (non-hydrogen) atoms. The number of carbonyl (C=O) groups is 2. The molecule has 2 aromatic heterocycles. The van der Waals surface area contributed by atoms with Gasteiger partial charge in [0.15, 0.2) is 23.0 Å². The van der Waals surface area contributed by atoms with Gasteiger partial charge in [0.1, 0.15) is 0 Å². The Morgan fingerprint density at radius 3 is 2.42 bits per heavy atom. The van der Waals surface area contributed by atoms with Gasteiger partial charge in [0.05, 0.1) is 5.69 Å². The zero-order valence-corrected chi connectivity index (χ0v) is 12.4. The molecule has 122 valence electrons. The van der Waals surface area contributed by atoms with Crippen molar-refractivity contribution in [3.63, 3.8) is 0 Å². The number of thiazole rings is 1. The molecular weight excluding hydrogens is 344 g/mol. The minimum absolute atomic E-state index is 0.0265. The molecule has 3 rings (SSSR count). The van der Waals surface area contributed by atoms with Crippen molar-refractivity contribution in [2.24, 2.45) is 0 Å². The first-order chi connectivity index (χ1) is 11.4. The molecule has 0 amide bonds. The maximum atomic E-state index is 13.3. The molecule has 0 saturated heterocycles. The van der Waals surface area contributed by atoms with Gasteiger partial charge in [-0.25, -0.2) is 23.4 Å². The molecule has 0 unspecified atom stereocenters. The Kier molecular flexibility index (Phi) is 3.81. The predicted octanol–water partition coefficient (Wildman–Crippen LogP) is 2.67. The lowest BCUT2D eigenvalue weighted by molar-refractivity contribution is 0.0680. The highest BCUT2D eigenvalue weighted by Gasteiger charge is 2.20. The number of hydrogen-bond donors (Lipinski definition) is 2. The first-order valence-corrected chi connectivity index (χ1v) is 7.22. The fraction of sp³-hybridized carbons (Fsp3) is 0. The molecule has 2 heterocycles. The number of carboxylic acids is 2. The first kappa shape index (κ1) is 15.7. The van der Waals surface area contributed by atoms with Crippen molar-refractivity contribution in [2.75, 3.05) is 0 Å². The molecular formula is C14H7F2N3O4S. The molecule has 2 N–H and O–H groups in total. The van der Waals surface area contributed by atoms with Crippen LogP contribution >= 0.6 is 11.3 Å². The maximum Gasteiger partial charge on any atom is 0.355 e. The summed E-state index contributed by atoms with van der Waals surface area (Å²) in [6, 6.07) is 4.20. The lowest BCUT2D eigenvalue weighted by atomic mass is 10.1. The number of nitrogens with zero attached hydrogens (tertiary/aromatic N) is 3. The van der Waals surface area contributed by atoms with Crippen LogP contribution in [0.25, 0.3) is 16.4 Å². The fourth-order valence-corrected chi connectivity index (χ4v) is 2.70. The summed E-state index contributed by atoms with van der Waals surface area (Å²) in [7, 11) is 0. The number of benzene rings is 1. The largest absolute Gasteiger partial charge is 0.477 e. The summed E-state index contributed by atoms with van der Waals surface area (Å²) in [6.07, 6.45) is 0. The van der Waals surface area contributed by atoms with Crippen LogP contribution in [0.4, 0.5) is 8.78 Å². The molecule has 0 saturated carbocycles. The van der Waals surface area contributed by atoms with E-state index in [9.17, 15) is 23.5 Å². The van der Waals surface area contributed by atoms with Gasteiger partial charge in [-0.05, 0) is 24.3 Å². The number of hydrogen-bond acceptors (Lipinski definition) is 5. The van der Waals surface area contributed by atoms with Crippen LogP contribution in [0.15, 0.2) is 29.6 Å². The van der Waals surface area contributed by atoms with Crippen molar-refractivity contribution in [1.82, 2.24) is 14.8 Å². The molecule has 0 bridgehead atoms. The molecule has 10 heteroatoms. The normalized spacial score (nSPS) is 10.8. The fourth-order valence-electron chi connectivity index (χ4n) is 1.94. The average Bonchev–Trinajstić information content (AvgIpc) is 3.15. The second kappa shape index (κ2) is 5.81. The summed E-state index contributed by atoms with van der Waals surface area (Å²) in [6.45, 7) is 0. The molecule has 1 aromatic carbocycles. The summed E-state index contributed by atoms with van der Waals surface area (Å²) < 4.78 is 27.3.